The first kappa shape index (κ1) is 22.7. The van der Waals surface area contributed by atoms with E-state index in [4.69, 9.17) is 9.47 Å². The van der Waals surface area contributed by atoms with Crippen LogP contribution in [0.15, 0.2) is 24.5 Å². The van der Waals surface area contributed by atoms with Gasteiger partial charge in [0.1, 0.15) is 5.75 Å². The number of nitrogens with zero attached hydrogens (tertiary/aromatic N) is 4. The van der Waals surface area contributed by atoms with Crippen molar-refractivity contribution in [2.75, 3.05) is 46.0 Å². The first-order chi connectivity index (χ1) is 16.2. The lowest BCUT2D eigenvalue weighted by molar-refractivity contribution is -0.139. The highest BCUT2D eigenvalue weighted by Crippen LogP contribution is 2.30. The van der Waals surface area contributed by atoms with Gasteiger partial charge in [-0.15, -0.1) is 0 Å². The van der Waals surface area contributed by atoms with Crippen LogP contribution in [0.2, 0.25) is 0 Å². The van der Waals surface area contributed by atoms with Crippen LogP contribution in [0.5, 0.6) is 5.75 Å². The van der Waals surface area contributed by atoms with E-state index in [-0.39, 0.29) is 5.92 Å². The number of hydrogen-bond acceptors (Lipinski definition) is 5. The molecular weight excluding hydrogens is 416 g/mol. The molecule has 1 aromatic carbocycles. The predicted octanol–water partition coefficient (Wildman–Crippen LogP) is 3.88. The molecule has 33 heavy (non-hydrogen) atoms. The molecule has 7 nitrogen and oxygen atoms in total. The fourth-order valence-electron chi connectivity index (χ4n) is 5.74. The number of likely N-dealkylation sites (tertiary alicyclic amines) is 2. The fraction of sp³-hybridized carbons (Fsp3) is 0.692. The zero-order chi connectivity index (χ0) is 22.6. The predicted molar refractivity (Wildman–Crippen MR) is 129 cm³/mol. The van der Waals surface area contributed by atoms with Crippen molar-refractivity contribution in [2.24, 2.45) is 5.92 Å². The van der Waals surface area contributed by atoms with Gasteiger partial charge >= 0.3 is 0 Å². The van der Waals surface area contributed by atoms with Crippen LogP contribution < -0.4 is 4.74 Å². The van der Waals surface area contributed by atoms with Crippen LogP contribution >= 0.6 is 0 Å². The second kappa shape index (κ2) is 10.4. The van der Waals surface area contributed by atoms with Gasteiger partial charge in [-0.1, -0.05) is 0 Å². The largest absolute Gasteiger partial charge is 0.493 e. The highest BCUT2D eigenvalue weighted by atomic mass is 16.5. The molecule has 2 aromatic rings. The van der Waals surface area contributed by atoms with Gasteiger partial charge < -0.3 is 23.8 Å². The molecule has 3 fully saturated rings. The summed E-state index contributed by atoms with van der Waals surface area (Å²) in [4.78, 5) is 22.1. The van der Waals surface area contributed by atoms with Gasteiger partial charge in [0.2, 0.25) is 5.91 Å². The van der Waals surface area contributed by atoms with Crippen molar-refractivity contribution in [1.82, 2.24) is 19.4 Å². The molecule has 3 saturated heterocycles. The normalized spacial score (nSPS) is 23.4. The van der Waals surface area contributed by atoms with Gasteiger partial charge in [0.25, 0.3) is 0 Å². The van der Waals surface area contributed by atoms with E-state index < -0.39 is 0 Å². The quantitative estimate of drug-likeness (QED) is 0.594. The summed E-state index contributed by atoms with van der Waals surface area (Å²) in [5, 5.41) is 0. The Bertz CT molecular complexity index is 931. The summed E-state index contributed by atoms with van der Waals surface area (Å²) in [6, 6.07) is 7.39. The van der Waals surface area contributed by atoms with E-state index in [2.05, 4.69) is 44.5 Å². The number of amides is 1. The van der Waals surface area contributed by atoms with Gasteiger partial charge in [-0.2, -0.15) is 0 Å². The molecule has 180 valence electrons. The zero-order valence-electron chi connectivity index (χ0n) is 20.0. The van der Waals surface area contributed by atoms with Gasteiger partial charge in [-0.05, 0) is 70.5 Å². The minimum absolute atomic E-state index is 0.154. The molecule has 0 N–H and O–H groups in total. The van der Waals surface area contributed by atoms with Crippen LogP contribution in [-0.2, 0) is 9.53 Å². The number of hydrogen-bond donors (Lipinski definition) is 0. The Morgan fingerprint density at radius 2 is 1.94 bits per heavy atom. The molecule has 0 saturated carbocycles. The smallest absolute Gasteiger partial charge is 0.225 e. The third-order valence-corrected chi connectivity index (χ3v) is 7.84. The number of ether oxygens (including phenoxy) is 2. The summed E-state index contributed by atoms with van der Waals surface area (Å²) in [5.74, 6) is 1.38. The maximum atomic E-state index is 12.8. The standard InChI is InChI=1S/C26H38N4O3/c1-20-4-2-11-28(20)12-3-15-33-23-5-6-25-24(18-23)27-19-30(25)22-7-13-29(14-8-22)26(31)21-9-16-32-17-10-21/h5-6,18-22H,2-4,7-17H2,1H3/t20-/m1/s1. The molecule has 1 aromatic heterocycles. The second-order valence-electron chi connectivity index (χ2n) is 9.97. The third-order valence-electron chi connectivity index (χ3n) is 7.84. The Morgan fingerprint density at radius 1 is 1.12 bits per heavy atom. The molecule has 3 aliphatic heterocycles. The fourth-order valence-corrected chi connectivity index (χ4v) is 5.74. The van der Waals surface area contributed by atoms with Crippen molar-refractivity contribution in [3.63, 3.8) is 0 Å². The number of carbonyl (C=O) groups excluding carboxylic acids is 1. The van der Waals surface area contributed by atoms with Gasteiger partial charge in [-0.3, -0.25) is 4.79 Å². The van der Waals surface area contributed by atoms with Crippen molar-refractivity contribution in [3.05, 3.63) is 24.5 Å². The average molecular weight is 455 g/mol. The van der Waals surface area contributed by atoms with Gasteiger partial charge in [-0.25, -0.2) is 4.98 Å². The third kappa shape index (κ3) is 5.19. The zero-order valence-corrected chi connectivity index (χ0v) is 20.0. The van der Waals surface area contributed by atoms with Crippen molar-refractivity contribution >= 4 is 16.9 Å². The van der Waals surface area contributed by atoms with Crippen molar-refractivity contribution in [3.8, 4) is 5.75 Å². The second-order valence-corrected chi connectivity index (χ2v) is 9.97. The molecule has 7 heteroatoms. The van der Waals surface area contributed by atoms with Crippen LogP contribution in [0, 0.1) is 5.92 Å². The number of carbonyl (C=O) groups is 1. The lowest BCUT2D eigenvalue weighted by atomic mass is 9.96. The van der Waals surface area contributed by atoms with Crippen LogP contribution in [0.25, 0.3) is 11.0 Å². The van der Waals surface area contributed by atoms with Gasteiger partial charge in [0.15, 0.2) is 0 Å². The Labute approximate surface area is 197 Å². The Morgan fingerprint density at radius 3 is 2.70 bits per heavy atom. The first-order valence-electron chi connectivity index (χ1n) is 12.9. The number of benzene rings is 1. The van der Waals surface area contributed by atoms with Crippen LogP contribution in [-0.4, -0.2) is 77.3 Å². The number of fused-ring (bicyclic) bond motifs is 1. The van der Waals surface area contributed by atoms with Crippen LogP contribution in [0.1, 0.15) is 57.9 Å². The van der Waals surface area contributed by atoms with E-state index in [1.807, 2.05) is 6.33 Å². The number of rotatable bonds is 7. The lowest BCUT2D eigenvalue weighted by Gasteiger charge is -2.35. The Balaban J connectivity index is 1.13. The molecule has 0 radical (unpaired) electrons. The molecule has 5 rings (SSSR count). The van der Waals surface area contributed by atoms with Gasteiger partial charge in [0.05, 0.1) is 24.0 Å². The van der Waals surface area contributed by atoms with Crippen molar-refractivity contribution in [1.29, 1.82) is 0 Å². The summed E-state index contributed by atoms with van der Waals surface area (Å²) in [5.41, 5.74) is 2.14. The van der Waals surface area contributed by atoms with E-state index >= 15 is 0 Å². The Kier molecular flexibility index (Phi) is 7.16. The average Bonchev–Trinajstić information content (AvgIpc) is 3.47. The summed E-state index contributed by atoms with van der Waals surface area (Å²) in [7, 11) is 0. The monoisotopic (exact) mass is 454 g/mol. The SMILES string of the molecule is C[C@@H]1CCCN1CCCOc1ccc2c(c1)ncn2C1CCN(C(=O)C2CCOCC2)CC1. The number of piperidine rings is 1. The van der Waals surface area contributed by atoms with Crippen molar-refractivity contribution < 1.29 is 14.3 Å². The molecule has 0 unspecified atom stereocenters. The summed E-state index contributed by atoms with van der Waals surface area (Å²) in [6.07, 6.45) is 9.37. The molecule has 4 heterocycles. The van der Waals surface area contributed by atoms with E-state index in [0.29, 0.717) is 11.9 Å². The molecule has 3 aliphatic rings. The van der Waals surface area contributed by atoms with Crippen LogP contribution in [0.4, 0.5) is 0 Å². The Hall–Kier alpha value is -2.12. The van der Waals surface area contributed by atoms with Gasteiger partial charge in [0, 0.05) is 56.9 Å². The van der Waals surface area contributed by atoms with E-state index in [1.54, 1.807) is 0 Å². The highest BCUT2D eigenvalue weighted by Gasteiger charge is 2.30. The molecule has 0 bridgehead atoms. The summed E-state index contributed by atoms with van der Waals surface area (Å²) >= 11 is 0. The maximum absolute atomic E-state index is 12.8. The maximum Gasteiger partial charge on any atom is 0.225 e. The topological polar surface area (TPSA) is 59.8 Å². The lowest BCUT2D eigenvalue weighted by Crippen LogP contribution is -2.43. The minimum Gasteiger partial charge on any atom is -0.493 e. The molecule has 1 atom stereocenters. The molecule has 0 aliphatic carbocycles. The molecule has 0 spiro atoms. The minimum atomic E-state index is 0.154. The van der Waals surface area contributed by atoms with E-state index in [1.165, 1.54) is 19.4 Å². The van der Waals surface area contributed by atoms with E-state index in [9.17, 15) is 4.79 Å². The number of aromatic nitrogens is 2. The molecule has 1 amide bonds. The summed E-state index contributed by atoms with van der Waals surface area (Å²) < 4.78 is 13.7. The van der Waals surface area contributed by atoms with Crippen molar-refractivity contribution in [2.45, 2.75) is 64.0 Å². The summed E-state index contributed by atoms with van der Waals surface area (Å²) in [6.45, 7) is 8.52. The molecular formula is C26H38N4O3. The van der Waals surface area contributed by atoms with Crippen LogP contribution in [0.3, 0.4) is 0 Å². The first-order valence-corrected chi connectivity index (χ1v) is 12.9. The van der Waals surface area contributed by atoms with E-state index in [0.717, 1.165) is 94.4 Å². The number of imidazole rings is 1. The highest BCUT2D eigenvalue weighted by molar-refractivity contribution is 5.79.